The number of halogens is 2. The van der Waals surface area contributed by atoms with Crippen LogP contribution in [0.5, 0.6) is 11.5 Å². The molecular formula is C18H17BrClN3O4S. The normalized spacial score (nSPS) is 10.0. The Morgan fingerprint density at radius 2 is 1.93 bits per heavy atom. The SMILES string of the molecule is COc1ccc(C(=O)NC(=S)NNC(=O)COc2ccc(Cl)c(C)c2)cc1Br. The van der Waals surface area contributed by atoms with E-state index in [1.165, 1.54) is 7.11 Å². The number of carbonyl (C=O) groups excluding carboxylic acids is 2. The molecule has 7 nitrogen and oxygen atoms in total. The number of aryl methyl sites for hydroxylation is 1. The van der Waals surface area contributed by atoms with Gasteiger partial charge in [0.25, 0.3) is 11.8 Å². The molecule has 0 spiro atoms. The lowest BCUT2D eigenvalue weighted by molar-refractivity contribution is -0.123. The first-order valence-corrected chi connectivity index (χ1v) is 9.50. The van der Waals surface area contributed by atoms with Crippen LogP contribution < -0.4 is 25.6 Å². The van der Waals surface area contributed by atoms with Crippen molar-refractivity contribution in [1.82, 2.24) is 16.2 Å². The van der Waals surface area contributed by atoms with E-state index in [4.69, 9.17) is 33.3 Å². The summed E-state index contributed by atoms with van der Waals surface area (Å²) in [7, 11) is 1.53. The van der Waals surface area contributed by atoms with Gasteiger partial charge in [0.1, 0.15) is 11.5 Å². The first-order valence-electron chi connectivity index (χ1n) is 7.93. The lowest BCUT2D eigenvalue weighted by atomic mass is 10.2. The molecule has 0 saturated carbocycles. The monoisotopic (exact) mass is 485 g/mol. The number of thiocarbonyl (C=S) groups is 1. The zero-order valence-corrected chi connectivity index (χ0v) is 18.1. The molecule has 0 fully saturated rings. The maximum atomic E-state index is 12.2. The zero-order chi connectivity index (χ0) is 20.7. The molecule has 2 rings (SSSR count). The van der Waals surface area contributed by atoms with Gasteiger partial charge in [0.05, 0.1) is 11.6 Å². The first-order chi connectivity index (χ1) is 13.3. The molecule has 10 heteroatoms. The highest BCUT2D eigenvalue weighted by Gasteiger charge is 2.11. The number of hydrazine groups is 1. The van der Waals surface area contributed by atoms with E-state index in [9.17, 15) is 9.59 Å². The Kier molecular flexibility index (Phi) is 8.04. The molecule has 28 heavy (non-hydrogen) atoms. The number of carbonyl (C=O) groups is 2. The number of hydrogen-bond donors (Lipinski definition) is 3. The van der Waals surface area contributed by atoms with E-state index in [2.05, 4.69) is 32.1 Å². The molecule has 0 aliphatic carbocycles. The summed E-state index contributed by atoms with van der Waals surface area (Å²) in [6.45, 7) is 1.59. The first kappa shape index (κ1) is 21.9. The van der Waals surface area contributed by atoms with E-state index in [0.717, 1.165) is 5.56 Å². The van der Waals surface area contributed by atoms with Gasteiger partial charge in [0.15, 0.2) is 11.7 Å². The minimum Gasteiger partial charge on any atom is -0.496 e. The van der Waals surface area contributed by atoms with E-state index < -0.39 is 11.8 Å². The Bertz CT molecular complexity index is 910. The molecule has 0 unspecified atom stereocenters. The predicted molar refractivity (Wildman–Crippen MR) is 114 cm³/mol. The van der Waals surface area contributed by atoms with E-state index in [1.54, 1.807) is 36.4 Å². The van der Waals surface area contributed by atoms with Crippen LogP contribution in [0.25, 0.3) is 0 Å². The summed E-state index contributed by atoms with van der Waals surface area (Å²) in [5.74, 6) is 0.192. The number of nitrogens with one attached hydrogen (secondary N) is 3. The van der Waals surface area contributed by atoms with Crippen molar-refractivity contribution in [1.29, 1.82) is 0 Å². The fourth-order valence-electron chi connectivity index (χ4n) is 2.03. The van der Waals surface area contributed by atoms with Crippen LogP contribution in [-0.2, 0) is 4.79 Å². The molecule has 2 aromatic rings. The summed E-state index contributed by atoms with van der Waals surface area (Å²) in [5.41, 5.74) is 5.98. The van der Waals surface area contributed by atoms with Crippen LogP contribution in [-0.4, -0.2) is 30.6 Å². The Morgan fingerprint density at radius 1 is 1.18 bits per heavy atom. The van der Waals surface area contributed by atoms with E-state index >= 15 is 0 Å². The predicted octanol–water partition coefficient (Wildman–Crippen LogP) is 3.13. The van der Waals surface area contributed by atoms with Crippen LogP contribution in [0.4, 0.5) is 0 Å². The quantitative estimate of drug-likeness (QED) is 0.444. The number of methoxy groups -OCH3 is 1. The number of benzene rings is 2. The highest BCUT2D eigenvalue weighted by atomic mass is 79.9. The second-order valence-corrected chi connectivity index (χ2v) is 7.18. The fourth-order valence-corrected chi connectivity index (χ4v) is 2.83. The summed E-state index contributed by atoms with van der Waals surface area (Å²) in [6, 6.07) is 9.89. The van der Waals surface area contributed by atoms with E-state index in [1.807, 2.05) is 6.92 Å². The van der Waals surface area contributed by atoms with Gasteiger partial charge < -0.3 is 9.47 Å². The minimum atomic E-state index is -0.476. The van der Waals surface area contributed by atoms with E-state index in [0.29, 0.717) is 26.6 Å². The van der Waals surface area contributed by atoms with Crippen LogP contribution in [0.15, 0.2) is 40.9 Å². The molecular weight excluding hydrogens is 470 g/mol. The molecule has 0 aromatic heterocycles. The summed E-state index contributed by atoms with van der Waals surface area (Å²) >= 11 is 14.2. The molecule has 0 saturated heterocycles. The lowest BCUT2D eigenvalue weighted by Crippen LogP contribution is -2.49. The van der Waals surface area contributed by atoms with Crippen molar-refractivity contribution < 1.29 is 19.1 Å². The van der Waals surface area contributed by atoms with Crippen molar-refractivity contribution in [2.75, 3.05) is 13.7 Å². The highest BCUT2D eigenvalue weighted by molar-refractivity contribution is 9.10. The van der Waals surface area contributed by atoms with Gasteiger partial charge >= 0.3 is 0 Å². The molecule has 148 valence electrons. The standard InChI is InChI=1S/C18H17BrClN3O4S/c1-10-7-12(4-5-14(10)20)27-9-16(24)22-23-18(28)21-17(25)11-3-6-15(26-2)13(19)8-11/h3-8H,9H2,1-2H3,(H,22,24)(H2,21,23,25,28). The van der Waals surface area contributed by atoms with Gasteiger partial charge in [-0.25, -0.2) is 0 Å². The molecule has 0 aliphatic rings. The topological polar surface area (TPSA) is 88.7 Å². The number of rotatable bonds is 5. The number of hydrogen-bond acceptors (Lipinski definition) is 5. The summed E-state index contributed by atoms with van der Waals surface area (Å²) in [5, 5.41) is 3.01. The van der Waals surface area contributed by atoms with Crippen molar-refractivity contribution in [2.24, 2.45) is 0 Å². The van der Waals surface area contributed by atoms with Crippen LogP contribution in [0.3, 0.4) is 0 Å². The van der Waals surface area contributed by atoms with Crippen molar-refractivity contribution in [3.63, 3.8) is 0 Å². The average molecular weight is 487 g/mol. The molecule has 0 atom stereocenters. The van der Waals surface area contributed by atoms with Gasteiger partial charge in [-0.3, -0.25) is 25.8 Å². The lowest BCUT2D eigenvalue weighted by Gasteiger charge is -2.12. The number of ether oxygens (including phenoxy) is 2. The van der Waals surface area contributed by atoms with Gasteiger partial charge in [-0.1, -0.05) is 11.6 Å². The smallest absolute Gasteiger partial charge is 0.276 e. The fraction of sp³-hybridized carbons (Fsp3) is 0.167. The summed E-state index contributed by atoms with van der Waals surface area (Å²) < 4.78 is 11.1. The highest BCUT2D eigenvalue weighted by Crippen LogP contribution is 2.25. The molecule has 2 aromatic carbocycles. The second-order valence-electron chi connectivity index (χ2n) is 5.51. The van der Waals surface area contributed by atoms with Crippen LogP contribution >= 0.6 is 39.7 Å². The Balaban J connectivity index is 1.78. The molecule has 0 heterocycles. The van der Waals surface area contributed by atoms with Gasteiger partial charge in [-0.15, -0.1) is 0 Å². The van der Waals surface area contributed by atoms with Crippen LogP contribution in [0.2, 0.25) is 5.02 Å². The molecule has 0 bridgehead atoms. The van der Waals surface area contributed by atoms with Crippen molar-refractivity contribution in [3.8, 4) is 11.5 Å². The van der Waals surface area contributed by atoms with Crippen LogP contribution in [0, 0.1) is 6.92 Å². The Morgan fingerprint density at radius 3 is 2.57 bits per heavy atom. The second kappa shape index (κ2) is 10.3. The molecule has 3 N–H and O–H groups in total. The Labute approximate surface area is 180 Å². The Hall–Kier alpha value is -2.36. The van der Waals surface area contributed by atoms with Gasteiger partial charge in [-0.05, 0) is 77.0 Å². The van der Waals surface area contributed by atoms with Gasteiger partial charge in [-0.2, -0.15) is 0 Å². The van der Waals surface area contributed by atoms with Crippen LogP contribution in [0.1, 0.15) is 15.9 Å². The van der Waals surface area contributed by atoms with Gasteiger partial charge in [0.2, 0.25) is 0 Å². The third kappa shape index (κ3) is 6.36. The third-order valence-electron chi connectivity index (χ3n) is 3.46. The maximum Gasteiger partial charge on any atom is 0.276 e. The van der Waals surface area contributed by atoms with Gasteiger partial charge in [0, 0.05) is 10.6 Å². The minimum absolute atomic E-state index is 0.0624. The maximum absolute atomic E-state index is 12.2. The zero-order valence-electron chi connectivity index (χ0n) is 15.0. The number of amides is 2. The van der Waals surface area contributed by atoms with Crippen molar-refractivity contribution in [3.05, 3.63) is 57.0 Å². The summed E-state index contributed by atoms with van der Waals surface area (Å²) in [6.07, 6.45) is 0. The van der Waals surface area contributed by atoms with E-state index in [-0.39, 0.29) is 11.7 Å². The summed E-state index contributed by atoms with van der Waals surface area (Å²) in [4.78, 5) is 24.0. The third-order valence-corrected chi connectivity index (χ3v) is 4.70. The molecule has 0 radical (unpaired) electrons. The largest absolute Gasteiger partial charge is 0.496 e. The molecule has 2 amide bonds. The average Bonchev–Trinajstić information content (AvgIpc) is 2.67. The molecule has 0 aliphatic heterocycles. The van der Waals surface area contributed by atoms with Crippen molar-refractivity contribution in [2.45, 2.75) is 6.92 Å². The van der Waals surface area contributed by atoms with Crippen molar-refractivity contribution >= 4 is 56.7 Å².